The summed E-state index contributed by atoms with van der Waals surface area (Å²) in [5.74, 6) is 2.17. The van der Waals surface area contributed by atoms with Gasteiger partial charge in [-0.3, -0.25) is 0 Å². The zero-order chi connectivity index (χ0) is 21.4. The van der Waals surface area contributed by atoms with Crippen LogP contribution in [0.2, 0.25) is 0 Å². The van der Waals surface area contributed by atoms with Gasteiger partial charge in [-0.15, -0.1) is 0 Å². The van der Waals surface area contributed by atoms with E-state index in [0.717, 1.165) is 78.0 Å². The highest BCUT2D eigenvalue weighted by atomic mass is 32.2. The third-order valence-corrected chi connectivity index (χ3v) is 7.44. The molecule has 1 saturated carbocycles. The monoisotopic (exact) mass is 441 g/mol. The summed E-state index contributed by atoms with van der Waals surface area (Å²) in [6.07, 6.45) is 8.53. The molecule has 3 aromatic heterocycles. The number of methoxy groups -OCH3 is 1. The molecule has 2 atom stereocenters. The summed E-state index contributed by atoms with van der Waals surface area (Å²) in [5.41, 5.74) is 3.49. The molecule has 1 aliphatic carbocycles. The molecular formula is C22H29N6O2S+. The van der Waals surface area contributed by atoms with Crippen molar-refractivity contribution in [3.63, 3.8) is 0 Å². The van der Waals surface area contributed by atoms with Gasteiger partial charge in [-0.2, -0.15) is 9.28 Å². The van der Waals surface area contributed by atoms with E-state index in [2.05, 4.69) is 27.9 Å². The van der Waals surface area contributed by atoms with Crippen LogP contribution in [0.4, 0.5) is 5.82 Å². The van der Waals surface area contributed by atoms with E-state index in [0.29, 0.717) is 12.0 Å². The Bertz CT molecular complexity index is 1080. The van der Waals surface area contributed by atoms with Crippen LogP contribution in [0.5, 0.6) is 5.75 Å². The third-order valence-electron chi connectivity index (χ3n) is 5.99. The van der Waals surface area contributed by atoms with Crippen LogP contribution in [0.3, 0.4) is 0 Å². The second kappa shape index (κ2) is 8.64. The van der Waals surface area contributed by atoms with Gasteiger partial charge in [0.1, 0.15) is 23.4 Å². The zero-order valence-electron chi connectivity index (χ0n) is 18.2. The van der Waals surface area contributed by atoms with Crippen LogP contribution in [0.15, 0.2) is 29.3 Å². The summed E-state index contributed by atoms with van der Waals surface area (Å²) in [6, 6.07) is 6.47. The molecule has 2 unspecified atom stereocenters. The number of nitrogens with one attached hydrogen (secondary N) is 2. The fourth-order valence-electron chi connectivity index (χ4n) is 4.07. The van der Waals surface area contributed by atoms with Crippen LogP contribution in [0.25, 0.3) is 17.0 Å². The maximum absolute atomic E-state index is 5.63. The Morgan fingerprint density at radius 2 is 2.10 bits per heavy atom. The highest BCUT2D eigenvalue weighted by Gasteiger charge is 2.30. The fraction of sp³-hybridized carbons (Fsp3) is 0.500. The van der Waals surface area contributed by atoms with Crippen LogP contribution in [0.1, 0.15) is 37.3 Å². The minimum Gasteiger partial charge on any atom is -0.495 e. The molecule has 0 amide bonds. The number of rotatable bonds is 7. The third kappa shape index (κ3) is 4.09. The molecule has 2 fully saturated rings. The van der Waals surface area contributed by atoms with Crippen LogP contribution < -0.4 is 15.4 Å². The molecule has 1 aliphatic heterocycles. The lowest BCUT2D eigenvalue weighted by molar-refractivity contribution is 0.405. The Labute approximate surface area is 185 Å². The SMILES string of the molecule is COc1cc2ncc(-c3ccc([S+](C)OC)c(NC4CCCNC4)n3)n2nc1C1CC1. The highest BCUT2D eigenvalue weighted by Crippen LogP contribution is 2.43. The summed E-state index contributed by atoms with van der Waals surface area (Å²) >= 11 is -0.344. The molecule has 0 spiro atoms. The van der Waals surface area contributed by atoms with Crippen LogP contribution >= 0.6 is 0 Å². The first-order valence-corrected chi connectivity index (χ1v) is 12.4. The Morgan fingerprint density at radius 1 is 1.23 bits per heavy atom. The van der Waals surface area contributed by atoms with E-state index in [1.165, 1.54) is 0 Å². The average Bonchev–Trinajstić information content (AvgIpc) is 3.57. The lowest BCUT2D eigenvalue weighted by Crippen LogP contribution is -2.39. The fourth-order valence-corrected chi connectivity index (χ4v) is 4.89. The van der Waals surface area contributed by atoms with E-state index in [1.807, 2.05) is 22.8 Å². The number of piperidine rings is 1. The van der Waals surface area contributed by atoms with Gasteiger partial charge in [0.15, 0.2) is 22.6 Å². The molecule has 2 aliphatic rings. The van der Waals surface area contributed by atoms with Crippen molar-refractivity contribution in [2.75, 3.05) is 38.9 Å². The molecule has 9 heteroatoms. The van der Waals surface area contributed by atoms with Crippen molar-refractivity contribution in [1.82, 2.24) is 24.9 Å². The summed E-state index contributed by atoms with van der Waals surface area (Å²) in [5, 5.41) is 12.0. The first-order valence-electron chi connectivity index (χ1n) is 10.8. The number of imidazole rings is 1. The van der Waals surface area contributed by atoms with E-state index in [-0.39, 0.29) is 11.2 Å². The Hall–Kier alpha value is -2.36. The Balaban J connectivity index is 1.55. The van der Waals surface area contributed by atoms with Gasteiger partial charge in [-0.25, -0.2) is 14.5 Å². The average molecular weight is 442 g/mol. The molecule has 2 N–H and O–H groups in total. The molecule has 0 radical (unpaired) electrons. The Kier molecular flexibility index (Phi) is 5.73. The molecule has 5 rings (SSSR count). The number of aromatic nitrogens is 4. The number of hydrogen-bond donors (Lipinski definition) is 2. The number of pyridine rings is 1. The van der Waals surface area contributed by atoms with E-state index >= 15 is 0 Å². The lowest BCUT2D eigenvalue weighted by Gasteiger charge is -2.24. The largest absolute Gasteiger partial charge is 0.495 e. The molecule has 8 nitrogen and oxygen atoms in total. The standard InChI is InChI=1S/C22H29N6O2S/c1-29-18-11-20-24-13-17(28(20)27-21(18)14-6-7-14)16-8-9-19(31(3)30-2)22(26-16)25-15-5-4-10-23-12-15/h8-9,11,13-15,23H,4-7,10,12H2,1-3H3,(H,25,26)/q+1. The number of fused-ring (bicyclic) bond motifs is 1. The lowest BCUT2D eigenvalue weighted by atomic mass is 10.1. The van der Waals surface area contributed by atoms with Gasteiger partial charge in [-0.05, 0) is 38.3 Å². The van der Waals surface area contributed by atoms with Crippen molar-refractivity contribution in [2.24, 2.45) is 0 Å². The zero-order valence-corrected chi connectivity index (χ0v) is 19.0. The summed E-state index contributed by atoms with van der Waals surface area (Å²) in [6.45, 7) is 2.02. The molecule has 1 saturated heterocycles. The number of nitrogens with zero attached hydrogens (tertiary/aromatic N) is 4. The van der Waals surface area contributed by atoms with Crippen molar-refractivity contribution >= 4 is 22.6 Å². The van der Waals surface area contributed by atoms with E-state index in [1.54, 1.807) is 14.2 Å². The van der Waals surface area contributed by atoms with Gasteiger partial charge in [0.2, 0.25) is 4.90 Å². The predicted octanol–water partition coefficient (Wildman–Crippen LogP) is 3.01. The minimum atomic E-state index is -0.344. The van der Waals surface area contributed by atoms with Gasteiger partial charge in [0.25, 0.3) is 0 Å². The van der Waals surface area contributed by atoms with Gasteiger partial charge in [0.05, 0.1) is 26.1 Å². The Morgan fingerprint density at radius 3 is 2.81 bits per heavy atom. The van der Waals surface area contributed by atoms with E-state index in [9.17, 15) is 0 Å². The van der Waals surface area contributed by atoms with Crippen LogP contribution in [0, 0.1) is 0 Å². The molecule has 164 valence electrons. The predicted molar refractivity (Wildman–Crippen MR) is 123 cm³/mol. The maximum Gasteiger partial charge on any atom is 0.232 e. The molecular weight excluding hydrogens is 412 g/mol. The topological polar surface area (TPSA) is 85.6 Å². The summed E-state index contributed by atoms with van der Waals surface area (Å²) in [7, 11) is 3.43. The van der Waals surface area contributed by atoms with E-state index in [4.69, 9.17) is 19.0 Å². The van der Waals surface area contributed by atoms with Crippen LogP contribution in [-0.2, 0) is 15.4 Å². The minimum absolute atomic E-state index is 0.344. The van der Waals surface area contributed by atoms with Gasteiger partial charge >= 0.3 is 0 Å². The second-order valence-corrected chi connectivity index (χ2v) is 9.82. The number of hydrogen-bond acceptors (Lipinski definition) is 7. The summed E-state index contributed by atoms with van der Waals surface area (Å²) < 4.78 is 13.1. The molecule has 0 aromatic carbocycles. The summed E-state index contributed by atoms with van der Waals surface area (Å²) in [4.78, 5) is 10.7. The molecule has 4 heterocycles. The quantitative estimate of drug-likeness (QED) is 0.545. The van der Waals surface area contributed by atoms with E-state index < -0.39 is 0 Å². The van der Waals surface area contributed by atoms with Crippen molar-refractivity contribution < 1.29 is 8.92 Å². The molecule has 0 bridgehead atoms. The smallest absolute Gasteiger partial charge is 0.232 e. The molecule has 3 aromatic rings. The van der Waals surface area contributed by atoms with Gasteiger partial charge < -0.3 is 15.4 Å². The van der Waals surface area contributed by atoms with Crippen molar-refractivity contribution in [3.8, 4) is 17.1 Å². The van der Waals surface area contributed by atoms with Crippen molar-refractivity contribution in [2.45, 2.75) is 42.5 Å². The number of ether oxygens (including phenoxy) is 1. The second-order valence-electron chi connectivity index (χ2n) is 8.14. The normalized spacial score (nSPS) is 20.0. The van der Waals surface area contributed by atoms with Crippen molar-refractivity contribution in [3.05, 3.63) is 30.1 Å². The number of anilines is 1. The highest BCUT2D eigenvalue weighted by molar-refractivity contribution is 7.91. The first-order chi connectivity index (χ1) is 15.2. The first kappa shape index (κ1) is 20.5. The maximum atomic E-state index is 5.63. The van der Waals surface area contributed by atoms with Gasteiger partial charge in [-0.1, -0.05) is 0 Å². The van der Waals surface area contributed by atoms with Crippen molar-refractivity contribution in [1.29, 1.82) is 0 Å². The van der Waals surface area contributed by atoms with Crippen LogP contribution in [-0.4, -0.2) is 59.2 Å². The van der Waals surface area contributed by atoms with Gasteiger partial charge in [0, 0.05) is 30.6 Å². The molecule has 31 heavy (non-hydrogen) atoms.